The first-order valence-electron chi connectivity index (χ1n) is 5.47. The normalized spacial score (nSPS) is 10.2. The molecule has 0 aliphatic carbocycles. The number of hydrogen-bond acceptors (Lipinski definition) is 7. The van der Waals surface area contributed by atoms with Gasteiger partial charge in [0.15, 0.2) is 5.82 Å². The highest BCUT2D eigenvalue weighted by molar-refractivity contribution is 7.11. The van der Waals surface area contributed by atoms with E-state index in [0.29, 0.717) is 23.7 Å². The van der Waals surface area contributed by atoms with Crippen LogP contribution in [0.15, 0.2) is 0 Å². The molecule has 0 atom stereocenters. The number of esters is 1. The van der Waals surface area contributed by atoms with Crippen molar-refractivity contribution in [1.82, 2.24) is 4.37 Å². The molecule has 1 heterocycles. The quantitative estimate of drug-likeness (QED) is 0.501. The SMILES string of the molecule is CCOC(=O)c1c(N)nsc1NCCCCO. The van der Waals surface area contributed by atoms with E-state index in [4.69, 9.17) is 15.6 Å². The van der Waals surface area contributed by atoms with E-state index in [-0.39, 0.29) is 12.4 Å². The molecule has 0 bridgehead atoms. The van der Waals surface area contributed by atoms with Crippen molar-refractivity contribution in [3.8, 4) is 0 Å². The van der Waals surface area contributed by atoms with Crippen molar-refractivity contribution in [3.05, 3.63) is 5.56 Å². The Kier molecular flexibility index (Phi) is 5.71. The molecule has 0 aliphatic rings. The van der Waals surface area contributed by atoms with Crippen molar-refractivity contribution in [2.75, 3.05) is 30.8 Å². The number of nitrogens with zero attached hydrogens (tertiary/aromatic N) is 1. The van der Waals surface area contributed by atoms with Gasteiger partial charge in [-0.3, -0.25) is 0 Å². The van der Waals surface area contributed by atoms with Crippen molar-refractivity contribution in [1.29, 1.82) is 0 Å². The number of aromatic nitrogens is 1. The number of nitrogen functional groups attached to an aromatic ring is 1. The third-order valence-corrected chi connectivity index (χ3v) is 2.89. The molecule has 1 rings (SSSR count). The van der Waals surface area contributed by atoms with E-state index in [1.807, 2.05) is 0 Å². The number of aliphatic hydroxyl groups excluding tert-OH is 1. The molecule has 0 amide bonds. The third kappa shape index (κ3) is 3.86. The summed E-state index contributed by atoms with van der Waals surface area (Å²) in [6.07, 6.45) is 1.53. The molecule has 6 nitrogen and oxygen atoms in total. The van der Waals surface area contributed by atoms with Crippen LogP contribution in [0, 0.1) is 0 Å². The zero-order valence-electron chi connectivity index (χ0n) is 9.73. The van der Waals surface area contributed by atoms with Crippen molar-refractivity contribution in [2.24, 2.45) is 0 Å². The van der Waals surface area contributed by atoms with Gasteiger partial charge in [-0.25, -0.2) is 4.79 Å². The van der Waals surface area contributed by atoms with Crippen LogP contribution < -0.4 is 11.1 Å². The van der Waals surface area contributed by atoms with E-state index < -0.39 is 5.97 Å². The maximum Gasteiger partial charge on any atom is 0.344 e. The topological polar surface area (TPSA) is 97.5 Å². The fraction of sp³-hybridized carbons (Fsp3) is 0.600. The van der Waals surface area contributed by atoms with Gasteiger partial charge >= 0.3 is 5.97 Å². The number of unbranched alkanes of at least 4 members (excludes halogenated alkanes) is 1. The molecule has 0 spiro atoms. The molecule has 0 radical (unpaired) electrons. The summed E-state index contributed by atoms with van der Waals surface area (Å²) in [5.41, 5.74) is 5.93. The van der Waals surface area contributed by atoms with Gasteiger partial charge < -0.3 is 20.9 Å². The second kappa shape index (κ2) is 7.08. The summed E-state index contributed by atoms with van der Waals surface area (Å²) in [7, 11) is 0. The highest BCUT2D eigenvalue weighted by atomic mass is 32.1. The van der Waals surface area contributed by atoms with Crippen molar-refractivity contribution in [2.45, 2.75) is 19.8 Å². The lowest BCUT2D eigenvalue weighted by molar-refractivity contribution is 0.0529. The van der Waals surface area contributed by atoms with Gasteiger partial charge in [0.1, 0.15) is 10.6 Å². The zero-order valence-corrected chi connectivity index (χ0v) is 10.5. The number of carbonyl (C=O) groups is 1. The van der Waals surface area contributed by atoms with Crippen LogP contribution in [0.2, 0.25) is 0 Å². The summed E-state index contributed by atoms with van der Waals surface area (Å²) >= 11 is 1.14. The van der Waals surface area contributed by atoms with E-state index in [2.05, 4.69) is 9.69 Å². The van der Waals surface area contributed by atoms with Crippen LogP contribution in [0.5, 0.6) is 0 Å². The van der Waals surface area contributed by atoms with E-state index in [1.54, 1.807) is 6.92 Å². The molecule has 0 aliphatic heterocycles. The molecule has 0 saturated carbocycles. The maximum atomic E-state index is 11.6. The Morgan fingerprint density at radius 1 is 1.59 bits per heavy atom. The average Bonchev–Trinajstić information content (AvgIpc) is 2.66. The van der Waals surface area contributed by atoms with Crippen LogP contribution in [-0.4, -0.2) is 35.2 Å². The number of aliphatic hydroxyl groups is 1. The molecule has 17 heavy (non-hydrogen) atoms. The zero-order chi connectivity index (χ0) is 12.7. The number of nitrogens with one attached hydrogen (secondary N) is 1. The number of rotatable bonds is 7. The number of anilines is 2. The Bertz CT molecular complexity index is 368. The molecule has 96 valence electrons. The molecular formula is C10H17N3O3S. The largest absolute Gasteiger partial charge is 0.462 e. The minimum Gasteiger partial charge on any atom is -0.462 e. The van der Waals surface area contributed by atoms with Gasteiger partial charge in [0.05, 0.1) is 6.61 Å². The Hall–Kier alpha value is -1.34. The monoisotopic (exact) mass is 259 g/mol. The maximum absolute atomic E-state index is 11.6. The van der Waals surface area contributed by atoms with E-state index in [9.17, 15) is 4.79 Å². The molecule has 4 N–H and O–H groups in total. The lowest BCUT2D eigenvalue weighted by Gasteiger charge is -2.06. The Morgan fingerprint density at radius 3 is 3.00 bits per heavy atom. The second-order valence-electron chi connectivity index (χ2n) is 3.35. The number of ether oxygens (including phenoxy) is 1. The summed E-state index contributed by atoms with van der Waals surface area (Å²) in [4.78, 5) is 11.6. The standard InChI is InChI=1S/C10H17N3O3S/c1-2-16-10(15)7-8(11)13-17-9(7)12-5-3-4-6-14/h12,14H,2-6H2,1H3,(H2,11,13). The number of hydrogen-bond donors (Lipinski definition) is 3. The summed E-state index contributed by atoms with van der Waals surface area (Å²) in [5, 5.41) is 12.3. The first-order valence-corrected chi connectivity index (χ1v) is 6.25. The Labute approximate surface area is 104 Å². The van der Waals surface area contributed by atoms with Crippen LogP contribution in [0.1, 0.15) is 30.1 Å². The Morgan fingerprint density at radius 2 is 2.35 bits per heavy atom. The molecule has 0 fully saturated rings. The van der Waals surface area contributed by atoms with Gasteiger partial charge in [-0.1, -0.05) is 0 Å². The van der Waals surface area contributed by atoms with E-state index in [0.717, 1.165) is 24.4 Å². The number of carbonyl (C=O) groups excluding carboxylic acids is 1. The van der Waals surface area contributed by atoms with Crippen LogP contribution in [0.25, 0.3) is 0 Å². The van der Waals surface area contributed by atoms with Crippen molar-refractivity contribution < 1.29 is 14.6 Å². The van der Waals surface area contributed by atoms with Gasteiger partial charge in [-0.05, 0) is 31.3 Å². The average molecular weight is 259 g/mol. The molecule has 0 saturated heterocycles. The number of nitrogens with two attached hydrogens (primary N) is 1. The van der Waals surface area contributed by atoms with Gasteiger partial charge in [0.2, 0.25) is 0 Å². The smallest absolute Gasteiger partial charge is 0.344 e. The van der Waals surface area contributed by atoms with Gasteiger partial charge in [-0.15, -0.1) is 0 Å². The Balaban J connectivity index is 2.62. The summed E-state index contributed by atoms with van der Waals surface area (Å²) in [6.45, 7) is 2.87. The predicted molar refractivity (Wildman–Crippen MR) is 67.3 cm³/mol. The van der Waals surface area contributed by atoms with Crippen LogP contribution >= 0.6 is 11.5 Å². The lowest BCUT2D eigenvalue weighted by Crippen LogP contribution is -2.10. The molecule has 0 unspecified atom stereocenters. The summed E-state index contributed by atoms with van der Waals surface area (Å²) in [5.74, 6) is -0.262. The fourth-order valence-corrected chi connectivity index (χ4v) is 1.99. The van der Waals surface area contributed by atoms with Crippen LogP contribution in [-0.2, 0) is 4.74 Å². The summed E-state index contributed by atoms with van der Waals surface area (Å²) in [6, 6.07) is 0. The molecule has 1 aromatic rings. The lowest BCUT2D eigenvalue weighted by atomic mass is 10.3. The van der Waals surface area contributed by atoms with Crippen LogP contribution in [0.3, 0.4) is 0 Å². The highest BCUT2D eigenvalue weighted by Crippen LogP contribution is 2.27. The fourth-order valence-electron chi connectivity index (χ4n) is 1.26. The van der Waals surface area contributed by atoms with Gasteiger partial charge in [0, 0.05) is 13.2 Å². The summed E-state index contributed by atoms with van der Waals surface area (Å²) < 4.78 is 8.83. The minimum atomic E-state index is -0.455. The van der Waals surface area contributed by atoms with E-state index in [1.165, 1.54) is 0 Å². The van der Waals surface area contributed by atoms with Gasteiger partial charge in [-0.2, -0.15) is 4.37 Å². The molecule has 1 aromatic heterocycles. The van der Waals surface area contributed by atoms with Crippen molar-refractivity contribution >= 4 is 28.3 Å². The first-order chi connectivity index (χ1) is 8.20. The molecule has 0 aromatic carbocycles. The third-order valence-electron chi connectivity index (χ3n) is 2.07. The predicted octanol–water partition coefficient (Wildman–Crippen LogP) is 1.09. The van der Waals surface area contributed by atoms with Crippen molar-refractivity contribution in [3.63, 3.8) is 0 Å². The van der Waals surface area contributed by atoms with Gasteiger partial charge in [0.25, 0.3) is 0 Å². The molecule has 7 heteroatoms. The molecular weight excluding hydrogens is 242 g/mol. The minimum absolute atomic E-state index is 0.164. The van der Waals surface area contributed by atoms with E-state index >= 15 is 0 Å². The highest BCUT2D eigenvalue weighted by Gasteiger charge is 2.19. The second-order valence-corrected chi connectivity index (χ2v) is 4.12. The first kappa shape index (κ1) is 13.7. The van der Waals surface area contributed by atoms with Crippen LogP contribution in [0.4, 0.5) is 10.8 Å².